The van der Waals surface area contributed by atoms with Crippen LogP contribution in [0.3, 0.4) is 0 Å². The molecule has 15 heavy (non-hydrogen) atoms. The van der Waals surface area contributed by atoms with Crippen molar-refractivity contribution in [3.63, 3.8) is 0 Å². The van der Waals surface area contributed by atoms with E-state index in [1.165, 1.54) is 0 Å². The van der Waals surface area contributed by atoms with E-state index in [0.29, 0.717) is 32.3 Å². The summed E-state index contributed by atoms with van der Waals surface area (Å²) in [4.78, 5) is 0. The van der Waals surface area contributed by atoms with Crippen molar-refractivity contribution in [2.24, 2.45) is 0 Å². The van der Waals surface area contributed by atoms with E-state index >= 15 is 0 Å². The summed E-state index contributed by atoms with van der Waals surface area (Å²) in [7, 11) is 1.56. The first-order valence-electron chi connectivity index (χ1n) is 5.52. The van der Waals surface area contributed by atoms with Crippen molar-refractivity contribution in [1.82, 2.24) is 0 Å². The Morgan fingerprint density at radius 3 is 1.73 bits per heavy atom. The maximum Gasteiger partial charge on any atom is 0.316 e. The van der Waals surface area contributed by atoms with Crippen molar-refractivity contribution in [2.75, 3.05) is 26.9 Å². The van der Waals surface area contributed by atoms with Gasteiger partial charge in [0.2, 0.25) is 0 Å². The van der Waals surface area contributed by atoms with Crippen LogP contribution in [0.4, 0.5) is 0 Å². The Morgan fingerprint density at radius 2 is 1.47 bits per heavy atom. The molecule has 0 atom stereocenters. The summed E-state index contributed by atoms with van der Waals surface area (Å²) in [6.07, 6.45) is 1.37. The van der Waals surface area contributed by atoms with Crippen LogP contribution in [0.25, 0.3) is 0 Å². The third kappa shape index (κ3) is 4.07. The molecule has 0 aromatic rings. The zero-order chi connectivity index (χ0) is 11.7. The van der Waals surface area contributed by atoms with E-state index < -0.39 is 5.97 Å². The standard InChI is InChI=1S/C11H23O4/c1-6-10(13-7-2)11(12-5,14-8-3)15-9-4/h6-9H2,1-5H3. The van der Waals surface area contributed by atoms with E-state index in [0.717, 1.165) is 0 Å². The molecular formula is C11H23O4. The molecule has 0 saturated carbocycles. The van der Waals surface area contributed by atoms with Crippen molar-refractivity contribution < 1.29 is 18.9 Å². The van der Waals surface area contributed by atoms with E-state index in [9.17, 15) is 0 Å². The van der Waals surface area contributed by atoms with Crippen LogP contribution in [0.2, 0.25) is 0 Å². The Balaban J connectivity index is 4.65. The van der Waals surface area contributed by atoms with Crippen LogP contribution in [0.1, 0.15) is 34.1 Å². The van der Waals surface area contributed by atoms with Gasteiger partial charge in [0.25, 0.3) is 0 Å². The van der Waals surface area contributed by atoms with Crippen molar-refractivity contribution in [3.05, 3.63) is 6.10 Å². The normalized spacial score (nSPS) is 12.4. The van der Waals surface area contributed by atoms with Crippen LogP contribution in [-0.4, -0.2) is 32.9 Å². The summed E-state index contributed by atoms with van der Waals surface area (Å²) in [5, 5.41) is 0. The quantitative estimate of drug-likeness (QED) is 0.558. The third-order valence-corrected chi connectivity index (χ3v) is 1.92. The lowest BCUT2D eigenvalue weighted by Crippen LogP contribution is -2.45. The summed E-state index contributed by atoms with van der Waals surface area (Å²) in [6, 6.07) is 0. The summed E-state index contributed by atoms with van der Waals surface area (Å²) in [5.74, 6) is -1.14. The van der Waals surface area contributed by atoms with Gasteiger partial charge < -0.3 is 18.9 Å². The van der Waals surface area contributed by atoms with Gasteiger partial charge >= 0.3 is 5.97 Å². The zero-order valence-electron chi connectivity index (χ0n) is 10.5. The summed E-state index contributed by atoms with van der Waals surface area (Å²) in [5.41, 5.74) is 0. The molecule has 0 rings (SSSR count). The highest BCUT2D eigenvalue weighted by Crippen LogP contribution is 2.30. The lowest BCUT2D eigenvalue weighted by Gasteiger charge is -2.36. The van der Waals surface area contributed by atoms with E-state index in [4.69, 9.17) is 18.9 Å². The molecule has 1 radical (unpaired) electrons. The van der Waals surface area contributed by atoms with Crippen LogP contribution in [0, 0.1) is 6.10 Å². The molecule has 0 bridgehead atoms. The highest BCUT2D eigenvalue weighted by molar-refractivity contribution is 4.89. The number of hydrogen-bond donors (Lipinski definition) is 0. The van der Waals surface area contributed by atoms with Gasteiger partial charge in [0.05, 0.1) is 0 Å². The molecule has 4 heteroatoms. The molecule has 0 aromatic carbocycles. The average molecular weight is 219 g/mol. The van der Waals surface area contributed by atoms with Gasteiger partial charge in [-0.2, -0.15) is 0 Å². The average Bonchev–Trinajstić information content (AvgIpc) is 2.25. The van der Waals surface area contributed by atoms with Gasteiger partial charge in [-0.15, -0.1) is 0 Å². The lowest BCUT2D eigenvalue weighted by atomic mass is 10.2. The highest BCUT2D eigenvalue weighted by Gasteiger charge is 2.42. The van der Waals surface area contributed by atoms with E-state index in [1.807, 2.05) is 27.7 Å². The van der Waals surface area contributed by atoms with Crippen molar-refractivity contribution in [3.8, 4) is 0 Å². The second kappa shape index (κ2) is 8.05. The maximum absolute atomic E-state index is 5.52. The smallest absolute Gasteiger partial charge is 0.316 e. The van der Waals surface area contributed by atoms with Gasteiger partial charge in [0.15, 0.2) is 6.10 Å². The topological polar surface area (TPSA) is 36.9 Å². The Labute approximate surface area is 92.8 Å². The third-order valence-electron chi connectivity index (χ3n) is 1.92. The minimum absolute atomic E-state index is 0.504. The van der Waals surface area contributed by atoms with Gasteiger partial charge in [0.1, 0.15) is 0 Å². The maximum atomic E-state index is 5.52. The second-order valence-electron chi connectivity index (χ2n) is 2.84. The molecule has 0 aliphatic rings. The first-order chi connectivity index (χ1) is 7.20. The molecule has 91 valence electrons. The molecule has 0 saturated heterocycles. The van der Waals surface area contributed by atoms with Crippen LogP contribution in [0.15, 0.2) is 0 Å². The lowest BCUT2D eigenvalue weighted by molar-refractivity contribution is -0.379. The molecule has 0 spiro atoms. The van der Waals surface area contributed by atoms with E-state index in [1.54, 1.807) is 7.11 Å². The molecular weight excluding hydrogens is 196 g/mol. The first-order valence-corrected chi connectivity index (χ1v) is 5.52. The fourth-order valence-electron chi connectivity index (χ4n) is 1.40. The SMILES string of the molecule is CCO[C](CC)C(OC)(OCC)OCC. The van der Waals surface area contributed by atoms with Crippen molar-refractivity contribution in [1.29, 1.82) is 0 Å². The van der Waals surface area contributed by atoms with Gasteiger partial charge in [-0.3, -0.25) is 0 Å². The van der Waals surface area contributed by atoms with Crippen molar-refractivity contribution in [2.45, 2.75) is 40.1 Å². The van der Waals surface area contributed by atoms with Crippen molar-refractivity contribution >= 4 is 0 Å². The Kier molecular flexibility index (Phi) is 7.96. The molecule has 0 aromatic heterocycles. The Hall–Kier alpha value is -0.160. The second-order valence-corrected chi connectivity index (χ2v) is 2.84. The fraction of sp³-hybridized carbons (Fsp3) is 0.909. The van der Waals surface area contributed by atoms with Crippen LogP contribution < -0.4 is 0 Å². The van der Waals surface area contributed by atoms with Crippen LogP contribution in [0.5, 0.6) is 0 Å². The minimum atomic E-state index is -1.14. The highest BCUT2D eigenvalue weighted by atomic mass is 16.9. The molecule has 0 fully saturated rings. The fourth-order valence-corrected chi connectivity index (χ4v) is 1.40. The number of methoxy groups -OCH3 is 1. The van der Waals surface area contributed by atoms with E-state index in [2.05, 4.69) is 0 Å². The van der Waals surface area contributed by atoms with Crippen LogP contribution in [-0.2, 0) is 18.9 Å². The Bertz CT molecular complexity index is 144. The monoisotopic (exact) mass is 219 g/mol. The summed E-state index contributed by atoms with van der Waals surface area (Å²) in [6.45, 7) is 9.28. The first kappa shape index (κ1) is 14.8. The number of hydrogen-bond acceptors (Lipinski definition) is 4. The number of ether oxygens (including phenoxy) is 4. The Morgan fingerprint density at radius 1 is 0.933 bits per heavy atom. The molecule has 0 unspecified atom stereocenters. The van der Waals surface area contributed by atoms with Gasteiger partial charge in [-0.25, -0.2) is 0 Å². The predicted molar refractivity (Wildman–Crippen MR) is 58.2 cm³/mol. The van der Waals surface area contributed by atoms with Crippen LogP contribution >= 0.6 is 0 Å². The molecule has 0 heterocycles. The summed E-state index contributed by atoms with van der Waals surface area (Å²) < 4.78 is 21.8. The molecule has 0 amide bonds. The van der Waals surface area contributed by atoms with Gasteiger partial charge in [-0.1, -0.05) is 6.92 Å². The largest absolute Gasteiger partial charge is 0.363 e. The van der Waals surface area contributed by atoms with Gasteiger partial charge in [0, 0.05) is 26.9 Å². The molecule has 0 N–H and O–H groups in total. The van der Waals surface area contributed by atoms with Gasteiger partial charge in [-0.05, 0) is 27.2 Å². The predicted octanol–water partition coefficient (Wildman–Crippen LogP) is 2.34. The minimum Gasteiger partial charge on any atom is -0.363 e. The molecule has 0 aliphatic heterocycles. The number of rotatable bonds is 9. The molecule has 0 aliphatic carbocycles. The molecule has 4 nitrogen and oxygen atoms in total. The van der Waals surface area contributed by atoms with E-state index in [-0.39, 0.29) is 0 Å². The zero-order valence-corrected chi connectivity index (χ0v) is 10.5. The summed E-state index contributed by atoms with van der Waals surface area (Å²) >= 11 is 0.